The highest BCUT2D eigenvalue weighted by Gasteiger charge is 2.14. The summed E-state index contributed by atoms with van der Waals surface area (Å²) >= 11 is 7.20. The van der Waals surface area contributed by atoms with E-state index < -0.39 is 5.82 Å². The molecule has 0 atom stereocenters. The molecule has 0 aliphatic heterocycles. The Bertz CT molecular complexity index is 1280. The predicted octanol–water partition coefficient (Wildman–Crippen LogP) is 3.87. The van der Waals surface area contributed by atoms with Gasteiger partial charge in [-0.3, -0.25) is 9.78 Å². The number of benzene rings is 1. The highest BCUT2D eigenvalue weighted by Crippen LogP contribution is 2.27. The maximum absolute atomic E-state index is 13.3. The first-order valence-electron chi connectivity index (χ1n) is 9.19. The van der Waals surface area contributed by atoms with E-state index in [2.05, 4.69) is 25.3 Å². The Labute approximate surface area is 185 Å². The number of ether oxygens (including phenoxy) is 2. The lowest BCUT2D eigenvalue weighted by molar-refractivity contribution is 0.211. The summed E-state index contributed by atoms with van der Waals surface area (Å²) in [6.07, 6.45) is 1.54. The van der Waals surface area contributed by atoms with Crippen molar-refractivity contribution in [3.8, 4) is 17.1 Å². The van der Waals surface area contributed by atoms with Gasteiger partial charge in [-0.15, -0.1) is 11.3 Å². The van der Waals surface area contributed by atoms with Gasteiger partial charge in [0.15, 0.2) is 5.13 Å². The van der Waals surface area contributed by atoms with E-state index in [1.165, 1.54) is 29.5 Å². The molecule has 160 valence electrons. The smallest absolute Gasteiger partial charge is 0.258 e. The van der Waals surface area contributed by atoms with E-state index in [4.69, 9.17) is 21.1 Å². The fourth-order valence-corrected chi connectivity index (χ4v) is 3.70. The van der Waals surface area contributed by atoms with Crippen molar-refractivity contribution in [2.45, 2.75) is 6.61 Å². The Morgan fingerprint density at radius 1 is 1.29 bits per heavy atom. The van der Waals surface area contributed by atoms with Crippen molar-refractivity contribution < 1.29 is 13.9 Å². The van der Waals surface area contributed by atoms with Crippen molar-refractivity contribution in [2.24, 2.45) is 0 Å². The van der Waals surface area contributed by atoms with E-state index in [9.17, 15) is 9.18 Å². The zero-order chi connectivity index (χ0) is 21.8. The molecule has 0 radical (unpaired) electrons. The molecule has 0 unspecified atom stereocenters. The molecule has 0 spiro atoms. The van der Waals surface area contributed by atoms with Gasteiger partial charge in [0.05, 0.1) is 17.0 Å². The van der Waals surface area contributed by atoms with Gasteiger partial charge < -0.3 is 19.8 Å². The first kappa shape index (κ1) is 21.2. The Morgan fingerprint density at radius 2 is 2.16 bits per heavy atom. The van der Waals surface area contributed by atoms with Crippen LogP contribution in [0.4, 0.5) is 9.52 Å². The normalized spacial score (nSPS) is 11.1. The van der Waals surface area contributed by atoms with Crippen LogP contribution in [0.25, 0.3) is 22.3 Å². The maximum Gasteiger partial charge on any atom is 0.258 e. The number of aromatic amines is 1. The monoisotopic (exact) mass is 461 g/mol. The third-order valence-corrected chi connectivity index (χ3v) is 5.36. The maximum atomic E-state index is 13.3. The van der Waals surface area contributed by atoms with Gasteiger partial charge in [0.1, 0.15) is 40.9 Å². The molecule has 3 heterocycles. The molecular formula is C20H17ClFN5O3S. The second kappa shape index (κ2) is 9.38. The summed E-state index contributed by atoms with van der Waals surface area (Å²) in [7, 11) is 1.63. The summed E-state index contributed by atoms with van der Waals surface area (Å²) in [6.45, 7) is 1.14. The lowest BCUT2D eigenvalue weighted by Gasteiger charge is -2.08. The van der Waals surface area contributed by atoms with Gasteiger partial charge >= 0.3 is 0 Å². The fraction of sp³-hybridized carbons (Fsp3) is 0.200. The number of methoxy groups -OCH3 is 1. The molecule has 0 bridgehead atoms. The number of halogens is 2. The number of thiazole rings is 1. The van der Waals surface area contributed by atoms with Crippen molar-refractivity contribution in [3.63, 3.8) is 0 Å². The number of hydrogen-bond donors (Lipinski definition) is 2. The fourth-order valence-electron chi connectivity index (χ4n) is 2.81. The van der Waals surface area contributed by atoms with Crippen LogP contribution in [0.3, 0.4) is 0 Å². The minimum Gasteiger partial charge on any atom is -0.486 e. The lowest BCUT2D eigenvalue weighted by atomic mass is 10.2. The Hall–Kier alpha value is -3.08. The van der Waals surface area contributed by atoms with Gasteiger partial charge in [0.2, 0.25) is 0 Å². The molecule has 11 heteroatoms. The van der Waals surface area contributed by atoms with Crippen LogP contribution in [0.2, 0.25) is 5.02 Å². The molecule has 0 amide bonds. The number of nitrogens with one attached hydrogen (secondary N) is 2. The van der Waals surface area contributed by atoms with E-state index >= 15 is 0 Å². The summed E-state index contributed by atoms with van der Waals surface area (Å²) in [5, 5.41) is 6.06. The number of H-pyrrole nitrogens is 1. The van der Waals surface area contributed by atoms with Gasteiger partial charge in [0.25, 0.3) is 5.56 Å². The molecular weight excluding hydrogens is 445 g/mol. The first-order chi connectivity index (χ1) is 15.0. The summed E-state index contributed by atoms with van der Waals surface area (Å²) < 4.78 is 23.9. The molecule has 4 aromatic rings. The van der Waals surface area contributed by atoms with Crippen molar-refractivity contribution in [1.82, 2.24) is 19.9 Å². The summed E-state index contributed by atoms with van der Waals surface area (Å²) in [5.41, 5.74) is 1.19. The molecule has 3 aromatic heterocycles. The third-order valence-electron chi connectivity index (χ3n) is 4.27. The summed E-state index contributed by atoms with van der Waals surface area (Å²) in [5.74, 6) is 0.106. The zero-order valence-corrected chi connectivity index (χ0v) is 17.9. The van der Waals surface area contributed by atoms with E-state index in [0.717, 1.165) is 0 Å². The summed E-state index contributed by atoms with van der Waals surface area (Å²) in [6, 6.07) is 5.60. The Kier molecular flexibility index (Phi) is 6.40. The minimum absolute atomic E-state index is 0.0393. The number of nitrogens with zero attached hydrogens (tertiary/aromatic N) is 3. The number of hydrogen-bond acceptors (Lipinski definition) is 8. The van der Waals surface area contributed by atoms with Gasteiger partial charge in [-0.25, -0.2) is 14.4 Å². The van der Waals surface area contributed by atoms with Crippen LogP contribution >= 0.6 is 22.9 Å². The van der Waals surface area contributed by atoms with E-state index in [-0.39, 0.29) is 17.2 Å². The van der Waals surface area contributed by atoms with Crippen LogP contribution < -0.4 is 15.6 Å². The molecule has 0 saturated heterocycles. The highest BCUT2D eigenvalue weighted by molar-refractivity contribution is 7.14. The number of rotatable bonds is 8. The van der Waals surface area contributed by atoms with Crippen molar-refractivity contribution in [3.05, 3.63) is 62.9 Å². The van der Waals surface area contributed by atoms with Crippen molar-refractivity contribution in [1.29, 1.82) is 0 Å². The first-order valence-corrected chi connectivity index (χ1v) is 10.5. The minimum atomic E-state index is -0.540. The van der Waals surface area contributed by atoms with Crippen LogP contribution in [0.15, 0.2) is 40.6 Å². The van der Waals surface area contributed by atoms with Gasteiger partial charge in [-0.05, 0) is 18.2 Å². The Balaban J connectivity index is 1.62. The van der Waals surface area contributed by atoms with Crippen LogP contribution in [0, 0.1) is 5.82 Å². The quantitative estimate of drug-likeness (QED) is 0.384. The molecule has 1 aromatic carbocycles. The van der Waals surface area contributed by atoms with Crippen LogP contribution in [-0.2, 0) is 11.3 Å². The second-order valence-corrected chi connectivity index (χ2v) is 7.66. The van der Waals surface area contributed by atoms with Crippen molar-refractivity contribution in [2.75, 3.05) is 25.6 Å². The van der Waals surface area contributed by atoms with Gasteiger partial charge in [-0.1, -0.05) is 11.6 Å². The topological polar surface area (TPSA) is 102 Å². The predicted molar refractivity (Wildman–Crippen MR) is 117 cm³/mol. The largest absolute Gasteiger partial charge is 0.486 e. The molecule has 2 N–H and O–H groups in total. The average molecular weight is 462 g/mol. The molecule has 0 fully saturated rings. The third kappa shape index (κ3) is 4.82. The average Bonchev–Trinajstić information content (AvgIpc) is 3.23. The number of aromatic nitrogens is 4. The van der Waals surface area contributed by atoms with E-state index in [1.54, 1.807) is 19.4 Å². The molecule has 0 aliphatic rings. The van der Waals surface area contributed by atoms with E-state index in [1.807, 2.05) is 5.38 Å². The number of anilines is 1. The molecule has 4 rings (SSSR count). The van der Waals surface area contributed by atoms with Gasteiger partial charge in [0, 0.05) is 31.3 Å². The zero-order valence-electron chi connectivity index (χ0n) is 16.3. The van der Waals surface area contributed by atoms with Crippen LogP contribution in [-0.4, -0.2) is 40.2 Å². The van der Waals surface area contributed by atoms with Crippen molar-refractivity contribution >= 4 is 39.0 Å². The van der Waals surface area contributed by atoms with Gasteiger partial charge in [-0.2, -0.15) is 0 Å². The number of fused-ring (bicyclic) bond motifs is 1. The van der Waals surface area contributed by atoms with E-state index in [0.29, 0.717) is 52.1 Å². The molecule has 0 aliphatic carbocycles. The second-order valence-electron chi connectivity index (χ2n) is 6.39. The molecule has 8 nitrogen and oxygen atoms in total. The SMILES string of the molecule is COCCNc1nc(-c2nccc3c(=O)[nH]c(COc4ccc(F)c(Cl)c4)nc23)cs1. The number of pyridine rings is 1. The summed E-state index contributed by atoms with van der Waals surface area (Å²) in [4.78, 5) is 28.7. The highest BCUT2D eigenvalue weighted by atomic mass is 35.5. The Morgan fingerprint density at radius 3 is 2.97 bits per heavy atom. The lowest BCUT2D eigenvalue weighted by Crippen LogP contribution is -2.14. The molecule has 0 saturated carbocycles. The standard InChI is InChI=1S/C20H17ClFN5O3S/c1-29-7-6-24-20-25-15(10-31-20)18-17-12(4-5-23-18)19(28)27-16(26-17)9-30-11-2-3-14(22)13(21)8-11/h2-5,8,10H,6-7,9H2,1H3,(H,24,25)(H,26,27,28). The molecule has 31 heavy (non-hydrogen) atoms. The van der Waals surface area contributed by atoms with Crippen LogP contribution in [0.1, 0.15) is 5.82 Å². The van der Waals surface area contributed by atoms with Crippen LogP contribution in [0.5, 0.6) is 5.75 Å².